The third-order valence-corrected chi connectivity index (χ3v) is 2.97. The van der Waals surface area contributed by atoms with E-state index in [1.807, 2.05) is 0 Å². The summed E-state index contributed by atoms with van der Waals surface area (Å²) in [7, 11) is 0. The van der Waals surface area contributed by atoms with Crippen molar-refractivity contribution in [2.75, 3.05) is 5.32 Å². The second-order valence-electron chi connectivity index (χ2n) is 4.95. The summed E-state index contributed by atoms with van der Waals surface area (Å²) < 4.78 is 105. The SMILES string of the molecule is CC(N)(C=N)C(Nc1c(F)cc(F)cc1F)C(F)(F)C(F)(F)F. The number of nitrogens with two attached hydrogens (primary N) is 1. The van der Waals surface area contributed by atoms with Gasteiger partial charge in [0.05, 0.1) is 5.54 Å². The van der Waals surface area contributed by atoms with Gasteiger partial charge in [0.25, 0.3) is 0 Å². The molecule has 0 heterocycles. The minimum atomic E-state index is -6.11. The lowest BCUT2D eigenvalue weighted by atomic mass is 9.88. The average molecular weight is 349 g/mol. The smallest absolute Gasteiger partial charge is 0.370 e. The van der Waals surface area contributed by atoms with Crippen molar-refractivity contribution in [3.8, 4) is 0 Å². The second-order valence-corrected chi connectivity index (χ2v) is 4.95. The quantitative estimate of drug-likeness (QED) is 0.563. The molecule has 0 spiro atoms. The third kappa shape index (κ3) is 3.71. The fourth-order valence-electron chi connectivity index (χ4n) is 1.71. The van der Waals surface area contributed by atoms with Crippen LogP contribution < -0.4 is 11.1 Å². The van der Waals surface area contributed by atoms with Crippen LogP contribution in [0.4, 0.5) is 40.8 Å². The number of hydrogen-bond donors (Lipinski definition) is 3. The van der Waals surface area contributed by atoms with Gasteiger partial charge >= 0.3 is 12.1 Å². The van der Waals surface area contributed by atoms with E-state index in [2.05, 4.69) is 0 Å². The topological polar surface area (TPSA) is 61.9 Å². The zero-order valence-corrected chi connectivity index (χ0v) is 11.4. The highest BCUT2D eigenvalue weighted by molar-refractivity contribution is 5.69. The summed E-state index contributed by atoms with van der Waals surface area (Å²) in [4.78, 5) is 0. The van der Waals surface area contributed by atoms with Gasteiger partial charge in [-0.2, -0.15) is 22.0 Å². The summed E-state index contributed by atoms with van der Waals surface area (Å²) in [5, 5.41) is 8.21. The first-order valence-corrected chi connectivity index (χ1v) is 5.90. The number of hydrogen-bond acceptors (Lipinski definition) is 3. The maximum absolute atomic E-state index is 13.6. The summed E-state index contributed by atoms with van der Waals surface area (Å²) in [5.74, 6) is -10.4. The zero-order valence-electron chi connectivity index (χ0n) is 11.4. The van der Waals surface area contributed by atoms with Crippen molar-refractivity contribution in [2.45, 2.75) is 30.6 Å². The third-order valence-electron chi connectivity index (χ3n) is 2.97. The number of alkyl halides is 5. The molecular weight excluding hydrogens is 338 g/mol. The maximum atomic E-state index is 13.6. The largest absolute Gasteiger partial charge is 0.455 e. The first-order valence-electron chi connectivity index (χ1n) is 5.90. The van der Waals surface area contributed by atoms with Crippen molar-refractivity contribution in [3.05, 3.63) is 29.6 Å². The van der Waals surface area contributed by atoms with Gasteiger partial charge in [-0.1, -0.05) is 0 Å². The molecule has 11 heteroatoms. The second kappa shape index (κ2) is 5.95. The Bertz CT molecular complexity index is 573. The van der Waals surface area contributed by atoms with Gasteiger partial charge in [-0.25, -0.2) is 13.2 Å². The Morgan fingerprint density at radius 1 is 1.09 bits per heavy atom. The van der Waals surface area contributed by atoms with E-state index in [-0.39, 0.29) is 18.3 Å². The van der Waals surface area contributed by atoms with Crippen LogP contribution >= 0.6 is 0 Å². The van der Waals surface area contributed by atoms with Gasteiger partial charge in [0.2, 0.25) is 0 Å². The fraction of sp³-hybridized carbons (Fsp3) is 0.417. The summed E-state index contributed by atoms with van der Waals surface area (Å²) in [6.07, 6.45) is -6.04. The summed E-state index contributed by atoms with van der Waals surface area (Å²) in [5.41, 5.74) is 1.17. The van der Waals surface area contributed by atoms with Gasteiger partial charge in [0.15, 0.2) is 11.6 Å². The molecule has 0 radical (unpaired) electrons. The molecule has 1 aromatic carbocycles. The number of rotatable bonds is 5. The van der Waals surface area contributed by atoms with Crippen molar-refractivity contribution < 1.29 is 35.1 Å². The molecular formula is C12H11F8N3. The van der Waals surface area contributed by atoms with Crippen LogP contribution in [0.3, 0.4) is 0 Å². The van der Waals surface area contributed by atoms with E-state index in [0.29, 0.717) is 6.92 Å². The molecule has 0 saturated carbocycles. The van der Waals surface area contributed by atoms with E-state index in [4.69, 9.17) is 11.1 Å². The molecule has 0 aromatic heterocycles. The maximum Gasteiger partial charge on any atom is 0.455 e. The van der Waals surface area contributed by atoms with E-state index >= 15 is 0 Å². The number of nitrogens with one attached hydrogen (secondary N) is 2. The first kappa shape index (κ1) is 19.1. The van der Waals surface area contributed by atoms with Crippen molar-refractivity contribution in [3.63, 3.8) is 0 Å². The molecule has 4 N–H and O–H groups in total. The van der Waals surface area contributed by atoms with Crippen molar-refractivity contribution in [2.24, 2.45) is 5.73 Å². The van der Waals surface area contributed by atoms with Crippen LogP contribution in [0, 0.1) is 22.9 Å². The van der Waals surface area contributed by atoms with E-state index in [1.54, 1.807) is 0 Å². The Kier molecular flexibility index (Phi) is 4.95. The van der Waals surface area contributed by atoms with Gasteiger partial charge in [0.1, 0.15) is 17.5 Å². The van der Waals surface area contributed by atoms with Crippen LogP contribution in [0.1, 0.15) is 6.92 Å². The monoisotopic (exact) mass is 349 g/mol. The number of anilines is 1. The van der Waals surface area contributed by atoms with E-state index in [0.717, 1.165) is 0 Å². The van der Waals surface area contributed by atoms with Gasteiger partial charge < -0.3 is 16.5 Å². The molecule has 0 aliphatic heterocycles. The van der Waals surface area contributed by atoms with Gasteiger partial charge in [-0.3, -0.25) is 0 Å². The molecule has 0 aliphatic carbocycles. The molecule has 0 bridgehead atoms. The van der Waals surface area contributed by atoms with Crippen molar-refractivity contribution >= 4 is 11.9 Å². The van der Waals surface area contributed by atoms with E-state index in [1.165, 1.54) is 5.32 Å². The van der Waals surface area contributed by atoms with Crippen LogP contribution in [0.15, 0.2) is 12.1 Å². The van der Waals surface area contributed by atoms with Crippen LogP contribution in [0.25, 0.3) is 0 Å². The lowest BCUT2D eigenvalue weighted by Gasteiger charge is -2.38. The molecule has 3 nitrogen and oxygen atoms in total. The lowest BCUT2D eigenvalue weighted by Crippen LogP contribution is -2.65. The predicted molar refractivity (Wildman–Crippen MR) is 66.1 cm³/mol. The minimum Gasteiger partial charge on any atom is -0.370 e. The summed E-state index contributed by atoms with van der Waals surface area (Å²) >= 11 is 0. The Balaban J connectivity index is 3.43. The zero-order chi connectivity index (χ0) is 18.2. The van der Waals surface area contributed by atoms with Gasteiger partial charge in [-0.15, -0.1) is 0 Å². The Hall–Kier alpha value is -1.91. The number of halogens is 8. The summed E-state index contributed by atoms with van der Waals surface area (Å²) in [6, 6.07) is -2.94. The summed E-state index contributed by atoms with van der Waals surface area (Å²) in [6.45, 7) is 0.636. The number of benzene rings is 1. The molecule has 0 saturated heterocycles. The Morgan fingerprint density at radius 2 is 1.52 bits per heavy atom. The highest BCUT2D eigenvalue weighted by atomic mass is 19.4. The van der Waals surface area contributed by atoms with Gasteiger partial charge in [0, 0.05) is 18.3 Å². The molecule has 0 amide bonds. The Labute approximate surface area is 125 Å². The lowest BCUT2D eigenvalue weighted by molar-refractivity contribution is -0.290. The van der Waals surface area contributed by atoms with Gasteiger partial charge in [-0.05, 0) is 6.92 Å². The van der Waals surface area contributed by atoms with Crippen LogP contribution in [0.2, 0.25) is 0 Å². The van der Waals surface area contributed by atoms with Crippen LogP contribution in [-0.4, -0.2) is 29.9 Å². The molecule has 1 aromatic rings. The molecule has 130 valence electrons. The fourth-order valence-corrected chi connectivity index (χ4v) is 1.71. The molecule has 2 unspecified atom stereocenters. The highest BCUT2D eigenvalue weighted by Crippen LogP contribution is 2.42. The molecule has 23 heavy (non-hydrogen) atoms. The minimum absolute atomic E-state index is 0.0731. The molecule has 2 atom stereocenters. The standard InChI is InChI=1S/C12H11F8N3/c1-10(22,4-21)9(11(16,17)12(18,19)20)23-8-6(14)2-5(13)3-7(8)15/h2-4,9,21,23H,22H2,1H3. The normalized spacial score (nSPS) is 16.6. The first-order chi connectivity index (χ1) is 10.2. The van der Waals surface area contributed by atoms with Crippen molar-refractivity contribution in [1.82, 2.24) is 0 Å². The highest BCUT2D eigenvalue weighted by Gasteiger charge is 2.66. The Morgan fingerprint density at radius 3 is 1.87 bits per heavy atom. The molecule has 1 rings (SSSR count). The predicted octanol–water partition coefficient (Wildman–Crippen LogP) is 3.45. The van der Waals surface area contributed by atoms with E-state index < -0.39 is 46.8 Å². The van der Waals surface area contributed by atoms with Crippen LogP contribution in [0.5, 0.6) is 0 Å². The average Bonchev–Trinajstić information content (AvgIpc) is 2.35. The van der Waals surface area contributed by atoms with Crippen LogP contribution in [-0.2, 0) is 0 Å². The molecule has 0 aliphatic rings. The van der Waals surface area contributed by atoms with Crippen molar-refractivity contribution in [1.29, 1.82) is 5.41 Å². The molecule has 0 fully saturated rings. The van der Waals surface area contributed by atoms with E-state index in [9.17, 15) is 35.1 Å².